The lowest BCUT2D eigenvalue weighted by Gasteiger charge is -2.09. The number of Topliss-reactive ketones (excluding diaryl/α,β-unsaturated/α-hetero) is 1. The molecule has 29 heavy (non-hydrogen) atoms. The van der Waals surface area contributed by atoms with Gasteiger partial charge in [-0.15, -0.1) is 0 Å². The summed E-state index contributed by atoms with van der Waals surface area (Å²) in [6.07, 6.45) is 0. The minimum Gasteiger partial charge on any atom is -0.335 e. The van der Waals surface area contributed by atoms with Gasteiger partial charge in [0.05, 0.1) is 22.3 Å². The Balaban J connectivity index is 1.81. The van der Waals surface area contributed by atoms with Gasteiger partial charge in [0, 0.05) is 16.8 Å². The first-order chi connectivity index (χ1) is 13.9. The van der Waals surface area contributed by atoms with Crippen molar-refractivity contribution in [2.75, 3.05) is 5.32 Å². The van der Waals surface area contributed by atoms with Gasteiger partial charge in [-0.25, -0.2) is 9.37 Å². The third-order valence-electron chi connectivity index (χ3n) is 4.54. The molecule has 7 heteroatoms. The molecule has 0 fully saturated rings. The number of halogens is 1. The van der Waals surface area contributed by atoms with Crippen LogP contribution >= 0.6 is 0 Å². The topological polar surface area (TPSA) is 85.1 Å². The van der Waals surface area contributed by atoms with Crippen molar-refractivity contribution in [2.45, 2.75) is 13.8 Å². The normalized spacial score (nSPS) is 10.9. The van der Waals surface area contributed by atoms with E-state index in [0.29, 0.717) is 22.3 Å². The molecule has 0 aliphatic heterocycles. The molecule has 1 amide bonds. The third-order valence-corrected chi connectivity index (χ3v) is 4.54. The lowest BCUT2D eigenvalue weighted by atomic mass is 10.0. The number of fused-ring (bicyclic) bond motifs is 1. The van der Waals surface area contributed by atoms with E-state index in [9.17, 15) is 14.0 Å². The Kier molecular flexibility index (Phi) is 4.64. The molecule has 2 aromatic heterocycles. The summed E-state index contributed by atoms with van der Waals surface area (Å²) >= 11 is 0. The summed E-state index contributed by atoms with van der Waals surface area (Å²) in [6.45, 7) is 3.15. The van der Waals surface area contributed by atoms with Crippen LogP contribution in [0, 0.1) is 12.7 Å². The molecule has 2 aromatic carbocycles. The highest BCUT2D eigenvalue weighted by molar-refractivity contribution is 6.13. The van der Waals surface area contributed by atoms with Crippen molar-refractivity contribution in [1.82, 2.24) is 10.1 Å². The predicted molar refractivity (Wildman–Crippen MR) is 106 cm³/mol. The molecule has 4 rings (SSSR count). The average Bonchev–Trinajstić information content (AvgIpc) is 3.08. The van der Waals surface area contributed by atoms with Gasteiger partial charge in [0.1, 0.15) is 5.82 Å². The number of carbonyl (C=O) groups excluding carboxylic acids is 2. The summed E-state index contributed by atoms with van der Waals surface area (Å²) in [5.74, 6) is -1.01. The van der Waals surface area contributed by atoms with Gasteiger partial charge in [-0.3, -0.25) is 9.59 Å². The number of hydrogen-bond donors (Lipinski definition) is 1. The fraction of sp³-hybridized carbons (Fsp3) is 0.0909. The van der Waals surface area contributed by atoms with Crippen LogP contribution in [0.25, 0.3) is 22.4 Å². The number of hydrogen-bond acceptors (Lipinski definition) is 5. The number of aromatic nitrogens is 2. The van der Waals surface area contributed by atoms with E-state index >= 15 is 0 Å². The lowest BCUT2D eigenvalue weighted by Crippen LogP contribution is -2.13. The van der Waals surface area contributed by atoms with E-state index in [0.717, 1.165) is 0 Å². The van der Waals surface area contributed by atoms with Crippen LogP contribution in [0.1, 0.15) is 33.3 Å². The number of anilines is 1. The Bertz CT molecular complexity index is 1260. The van der Waals surface area contributed by atoms with E-state index in [1.807, 2.05) is 0 Å². The number of benzene rings is 2. The molecule has 0 spiro atoms. The first kappa shape index (κ1) is 18.5. The summed E-state index contributed by atoms with van der Waals surface area (Å²) in [6, 6.07) is 14.3. The average molecular weight is 389 g/mol. The molecule has 0 aliphatic carbocycles. The highest BCUT2D eigenvalue weighted by Crippen LogP contribution is 2.29. The Morgan fingerprint density at radius 1 is 1.07 bits per heavy atom. The molecule has 0 saturated carbocycles. The van der Waals surface area contributed by atoms with Gasteiger partial charge in [-0.05, 0) is 44.2 Å². The Morgan fingerprint density at radius 2 is 1.86 bits per heavy atom. The van der Waals surface area contributed by atoms with Crippen LogP contribution in [0.2, 0.25) is 0 Å². The van der Waals surface area contributed by atoms with Crippen molar-refractivity contribution in [2.24, 2.45) is 0 Å². The molecule has 144 valence electrons. The van der Waals surface area contributed by atoms with Crippen molar-refractivity contribution >= 4 is 28.5 Å². The molecule has 0 unspecified atom stereocenters. The number of ketones is 1. The lowest BCUT2D eigenvalue weighted by molar-refractivity contribution is 0.101. The van der Waals surface area contributed by atoms with Crippen molar-refractivity contribution in [3.05, 3.63) is 77.2 Å². The van der Waals surface area contributed by atoms with Crippen LogP contribution in [0.4, 0.5) is 10.1 Å². The molecule has 2 heterocycles. The number of pyridine rings is 1. The smallest absolute Gasteiger partial charge is 0.259 e. The summed E-state index contributed by atoms with van der Waals surface area (Å²) in [7, 11) is 0. The molecular weight excluding hydrogens is 373 g/mol. The van der Waals surface area contributed by atoms with E-state index in [-0.39, 0.29) is 28.3 Å². The molecule has 4 aromatic rings. The Labute approximate surface area is 165 Å². The zero-order valence-corrected chi connectivity index (χ0v) is 15.7. The maximum absolute atomic E-state index is 14.3. The first-order valence-electron chi connectivity index (χ1n) is 8.88. The number of rotatable bonds is 4. The zero-order chi connectivity index (χ0) is 20.5. The minimum absolute atomic E-state index is 0.107. The summed E-state index contributed by atoms with van der Waals surface area (Å²) in [4.78, 5) is 29.0. The molecular formula is C22H16FN3O3. The summed E-state index contributed by atoms with van der Waals surface area (Å²) in [5.41, 5.74) is 2.34. The third kappa shape index (κ3) is 3.50. The van der Waals surface area contributed by atoms with Gasteiger partial charge >= 0.3 is 0 Å². The van der Waals surface area contributed by atoms with Crippen LogP contribution in [0.3, 0.4) is 0 Å². The molecule has 0 radical (unpaired) electrons. The zero-order valence-electron chi connectivity index (χ0n) is 15.7. The Morgan fingerprint density at radius 3 is 2.62 bits per heavy atom. The quantitative estimate of drug-likeness (QED) is 0.507. The summed E-state index contributed by atoms with van der Waals surface area (Å²) in [5, 5.41) is 7.11. The number of nitrogens with zero attached hydrogens (tertiary/aromatic N) is 2. The van der Waals surface area contributed by atoms with E-state index in [2.05, 4.69) is 15.5 Å². The Hall–Kier alpha value is -3.87. The second kappa shape index (κ2) is 7.27. The molecule has 0 atom stereocenters. The standard InChI is InChI=1S/C22H16FN3O3/c1-12-20-17(21(28)24-15-7-5-6-14(10-15)13(2)27)11-19(25-22(20)29-26-12)16-8-3-4-9-18(16)23/h3-11H,1-2H3,(H,24,28). The highest BCUT2D eigenvalue weighted by atomic mass is 19.1. The fourth-order valence-electron chi connectivity index (χ4n) is 3.10. The van der Waals surface area contributed by atoms with Gasteiger partial charge in [0.2, 0.25) is 0 Å². The molecule has 0 saturated heterocycles. The number of aryl methyl sites for hydroxylation is 1. The van der Waals surface area contributed by atoms with Gasteiger partial charge in [0.15, 0.2) is 5.78 Å². The van der Waals surface area contributed by atoms with Crippen LogP contribution < -0.4 is 5.32 Å². The van der Waals surface area contributed by atoms with E-state index in [4.69, 9.17) is 4.52 Å². The van der Waals surface area contributed by atoms with Gasteiger partial charge in [-0.2, -0.15) is 0 Å². The molecule has 0 bridgehead atoms. The maximum Gasteiger partial charge on any atom is 0.259 e. The summed E-state index contributed by atoms with van der Waals surface area (Å²) < 4.78 is 19.5. The van der Waals surface area contributed by atoms with Crippen molar-refractivity contribution in [3.63, 3.8) is 0 Å². The largest absolute Gasteiger partial charge is 0.335 e. The predicted octanol–water partition coefficient (Wildman–Crippen LogP) is 4.79. The van der Waals surface area contributed by atoms with Gasteiger partial charge in [-0.1, -0.05) is 29.4 Å². The molecule has 1 N–H and O–H groups in total. The monoisotopic (exact) mass is 389 g/mol. The number of nitrogens with one attached hydrogen (secondary N) is 1. The van der Waals surface area contributed by atoms with E-state index in [1.54, 1.807) is 49.4 Å². The van der Waals surface area contributed by atoms with Crippen LogP contribution in [0.15, 0.2) is 59.1 Å². The highest BCUT2D eigenvalue weighted by Gasteiger charge is 2.20. The van der Waals surface area contributed by atoms with Gasteiger partial charge in [0.25, 0.3) is 11.6 Å². The van der Waals surface area contributed by atoms with E-state index < -0.39 is 11.7 Å². The second-order valence-electron chi connectivity index (χ2n) is 6.57. The van der Waals surface area contributed by atoms with Crippen molar-refractivity contribution in [3.8, 4) is 11.3 Å². The number of carbonyl (C=O) groups is 2. The van der Waals surface area contributed by atoms with Gasteiger partial charge < -0.3 is 9.84 Å². The molecule has 6 nitrogen and oxygen atoms in total. The van der Waals surface area contributed by atoms with Crippen LogP contribution in [-0.2, 0) is 0 Å². The van der Waals surface area contributed by atoms with Crippen molar-refractivity contribution in [1.29, 1.82) is 0 Å². The molecule has 0 aliphatic rings. The first-order valence-corrected chi connectivity index (χ1v) is 8.88. The second-order valence-corrected chi connectivity index (χ2v) is 6.57. The van der Waals surface area contributed by atoms with Crippen LogP contribution in [0.5, 0.6) is 0 Å². The SMILES string of the molecule is CC(=O)c1cccc(NC(=O)c2cc(-c3ccccc3F)nc3onc(C)c23)c1. The number of amides is 1. The fourth-order valence-corrected chi connectivity index (χ4v) is 3.10. The van der Waals surface area contributed by atoms with Crippen molar-refractivity contribution < 1.29 is 18.5 Å². The van der Waals surface area contributed by atoms with E-state index in [1.165, 1.54) is 19.1 Å². The minimum atomic E-state index is -0.462. The maximum atomic E-state index is 14.3. The van der Waals surface area contributed by atoms with Crippen LogP contribution in [-0.4, -0.2) is 21.8 Å².